The molecule has 0 fully saturated rings. The lowest BCUT2D eigenvalue weighted by atomic mass is 10.3. The van der Waals surface area contributed by atoms with E-state index in [0.717, 1.165) is 0 Å². The molecule has 78 valence electrons. The van der Waals surface area contributed by atoms with Gasteiger partial charge in [0, 0.05) is 10.7 Å². The number of hydrogen-bond donors (Lipinski definition) is 1. The zero-order chi connectivity index (χ0) is 11.2. The number of aryl methyl sites for hydroxylation is 1. The number of fused-ring (bicyclic) bond motifs is 1. The highest BCUT2D eigenvalue weighted by Gasteiger charge is 2.17. The van der Waals surface area contributed by atoms with Gasteiger partial charge in [0.2, 0.25) is 0 Å². The fraction of sp³-hybridized carbons (Fsp3) is 0.111. The van der Waals surface area contributed by atoms with E-state index >= 15 is 0 Å². The van der Waals surface area contributed by atoms with E-state index in [4.69, 9.17) is 5.11 Å². The second-order valence-electron chi connectivity index (χ2n) is 3.05. The van der Waals surface area contributed by atoms with Gasteiger partial charge in [-0.05, 0) is 28.9 Å². The van der Waals surface area contributed by atoms with Gasteiger partial charge in [0.1, 0.15) is 0 Å². The van der Waals surface area contributed by atoms with Crippen LogP contribution in [0.4, 0.5) is 4.39 Å². The van der Waals surface area contributed by atoms with Crippen LogP contribution in [0.25, 0.3) is 5.65 Å². The van der Waals surface area contributed by atoms with Crippen molar-refractivity contribution in [3.63, 3.8) is 0 Å². The lowest BCUT2D eigenvalue weighted by molar-refractivity contribution is 0.0690. The van der Waals surface area contributed by atoms with Crippen LogP contribution in [0, 0.1) is 12.7 Å². The Morgan fingerprint density at radius 3 is 2.93 bits per heavy atom. The average Bonchev–Trinajstić information content (AvgIpc) is 2.44. The number of hydrogen-bond acceptors (Lipinski definition) is 2. The molecule has 0 amide bonds. The molecule has 1 N–H and O–H groups in total. The van der Waals surface area contributed by atoms with Gasteiger partial charge in [0.05, 0.1) is 5.69 Å². The highest BCUT2D eigenvalue weighted by atomic mass is 79.9. The summed E-state index contributed by atoms with van der Waals surface area (Å²) < 4.78 is 15.3. The molecule has 6 heteroatoms. The van der Waals surface area contributed by atoms with Gasteiger partial charge >= 0.3 is 5.97 Å². The standard InChI is InChI=1S/C9H6BrFN2O2/c1-4-7(9(14)15)12-8-6(11)2-5(10)3-13(4)8/h2-3H,1H3,(H,14,15). The molecule has 2 aromatic rings. The van der Waals surface area contributed by atoms with Gasteiger partial charge in [-0.15, -0.1) is 0 Å². The van der Waals surface area contributed by atoms with Crippen molar-refractivity contribution in [3.8, 4) is 0 Å². The molecule has 2 rings (SSSR count). The second kappa shape index (κ2) is 3.30. The lowest BCUT2D eigenvalue weighted by Crippen LogP contribution is -1.99. The van der Waals surface area contributed by atoms with E-state index < -0.39 is 11.8 Å². The predicted molar refractivity (Wildman–Crippen MR) is 54.5 cm³/mol. The summed E-state index contributed by atoms with van der Waals surface area (Å²) in [6, 6.07) is 1.24. The van der Waals surface area contributed by atoms with Crippen molar-refractivity contribution >= 4 is 27.5 Å². The lowest BCUT2D eigenvalue weighted by Gasteiger charge is -1.98. The first kappa shape index (κ1) is 10.1. The van der Waals surface area contributed by atoms with Gasteiger partial charge in [0.25, 0.3) is 0 Å². The molecule has 0 aromatic carbocycles. The Morgan fingerprint density at radius 1 is 1.67 bits per heavy atom. The van der Waals surface area contributed by atoms with E-state index in [-0.39, 0.29) is 11.3 Å². The number of aromatic carboxylic acids is 1. The number of imidazole rings is 1. The zero-order valence-corrected chi connectivity index (χ0v) is 9.25. The Labute approximate surface area is 92.5 Å². The van der Waals surface area contributed by atoms with Crippen LogP contribution < -0.4 is 0 Å². The van der Waals surface area contributed by atoms with E-state index in [0.29, 0.717) is 10.2 Å². The summed E-state index contributed by atoms with van der Waals surface area (Å²) in [5.74, 6) is -1.72. The molecule has 0 spiro atoms. The largest absolute Gasteiger partial charge is 0.476 e. The van der Waals surface area contributed by atoms with Crippen LogP contribution in [0.2, 0.25) is 0 Å². The molecule has 0 saturated heterocycles. The second-order valence-corrected chi connectivity index (χ2v) is 3.97. The maximum Gasteiger partial charge on any atom is 0.356 e. The topological polar surface area (TPSA) is 54.6 Å². The highest BCUT2D eigenvalue weighted by Crippen LogP contribution is 2.19. The van der Waals surface area contributed by atoms with E-state index in [9.17, 15) is 9.18 Å². The number of pyridine rings is 1. The number of carbonyl (C=O) groups is 1. The summed E-state index contributed by atoms with van der Waals surface area (Å²) >= 11 is 3.13. The first-order valence-electron chi connectivity index (χ1n) is 4.07. The monoisotopic (exact) mass is 272 g/mol. The molecule has 0 saturated carbocycles. The SMILES string of the molecule is Cc1c(C(=O)O)nc2c(F)cc(Br)cn12. The predicted octanol–water partition coefficient (Wildman–Crippen LogP) is 2.24. The molecular formula is C9H6BrFN2O2. The molecule has 0 radical (unpaired) electrons. The molecular weight excluding hydrogens is 267 g/mol. The molecule has 0 aliphatic rings. The van der Waals surface area contributed by atoms with E-state index in [1.165, 1.54) is 10.5 Å². The first-order valence-corrected chi connectivity index (χ1v) is 4.87. The number of nitrogens with zero attached hydrogens (tertiary/aromatic N) is 2. The maximum atomic E-state index is 13.4. The minimum absolute atomic E-state index is 0.0214. The van der Waals surface area contributed by atoms with Crippen molar-refractivity contribution in [2.75, 3.05) is 0 Å². The molecule has 2 heterocycles. The molecule has 0 aliphatic heterocycles. The van der Waals surface area contributed by atoms with E-state index in [2.05, 4.69) is 20.9 Å². The Morgan fingerprint density at radius 2 is 2.33 bits per heavy atom. The van der Waals surface area contributed by atoms with E-state index in [1.807, 2.05) is 0 Å². The third kappa shape index (κ3) is 1.50. The van der Waals surface area contributed by atoms with Crippen molar-refractivity contribution in [2.24, 2.45) is 0 Å². The summed E-state index contributed by atoms with van der Waals surface area (Å²) in [5, 5.41) is 8.82. The van der Waals surface area contributed by atoms with Crippen LogP contribution in [0.5, 0.6) is 0 Å². The Hall–Kier alpha value is -1.43. The van der Waals surface area contributed by atoms with Gasteiger partial charge < -0.3 is 5.11 Å². The minimum atomic E-state index is -1.16. The van der Waals surface area contributed by atoms with Gasteiger partial charge in [-0.25, -0.2) is 14.2 Å². The Kier molecular flexibility index (Phi) is 2.22. The third-order valence-electron chi connectivity index (χ3n) is 2.08. The van der Waals surface area contributed by atoms with Crippen molar-refractivity contribution in [3.05, 3.63) is 33.9 Å². The van der Waals surface area contributed by atoms with Crippen molar-refractivity contribution in [1.29, 1.82) is 0 Å². The van der Waals surface area contributed by atoms with Crippen molar-refractivity contribution in [1.82, 2.24) is 9.38 Å². The fourth-order valence-corrected chi connectivity index (χ4v) is 1.79. The smallest absolute Gasteiger partial charge is 0.356 e. The van der Waals surface area contributed by atoms with E-state index in [1.54, 1.807) is 13.1 Å². The highest BCUT2D eigenvalue weighted by molar-refractivity contribution is 9.10. The zero-order valence-electron chi connectivity index (χ0n) is 7.66. The molecule has 2 aromatic heterocycles. The molecule has 0 atom stereocenters. The fourth-order valence-electron chi connectivity index (χ4n) is 1.39. The summed E-state index contributed by atoms with van der Waals surface area (Å²) in [6.45, 7) is 1.58. The molecule has 0 aliphatic carbocycles. The molecule has 15 heavy (non-hydrogen) atoms. The summed E-state index contributed by atoms with van der Waals surface area (Å²) in [5.41, 5.74) is 0.290. The van der Waals surface area contributed by atoms with Crippen LogP contribution >= 0.6 is 15.9 Å². The quantitative estimate of drug-likeness (QED) is 0.866. The summed E-state index contributed by atoms with van der Waals surface area (Å²) in [4.78, 5) is 14.5. The normalized spacial score (nSPS) is 10.9. The number of rotatable bonds is 1. The van der Waals surface area contributed by atoms with Crippen LogP contribution in [0.1, 0.15) is 16.2 Å². The first-order chi connectivity index (χ1) is 7.00. The molecule has 4 nitrogen and oxygen atoms in total. The molecule has 0 bridgehead atoms. The summed E-state index contributed by atoms with van der Waals surface area (Å²) in [6.07, 6.45) is 1.58. The van der Waals surface area contributed by atoms with Crippen LogP contribution in [-0.2, 0) is 0 Å². The number of carboxylic acid groups (broad SMARTS) is 1. The minimum Gasteiger partial charge on any atom is -0.476 e. The Bertz CT molecular complexity index is 565. The van der Waals surface area contributed by atoms with Gasteiger partial charge in [-0.3, -0.25) is 4.40 Å². The van der Waals surface area contributed by atoms with Gasteiger partial charge in [-0.2, -0.15) is 0 Å². The van der Waals surface area contributed by atoms with Gasteiger partial charge in [-0.1, -0.05) is 0 Å². The number of aromatic nitrogens is 2. The van der Waals surface area contributed by atoms with Crippen LogP contribution in [0.15, 0.2) is 16.7 Å². The molecule has 0 unspecified atom stereocenters. The van der Waals surface area contributed by atoms with Crippen LogP contribution in [0.3, 0.4) is 0 Å². The van der Waals surface area contributed by atoms with Gasteiger partial charge in [0.15, 0.2) is 17.2 Å². The third-order valence-corrected chi connectivity index (χ3v) is 2.52. The van der Waals surface area contributed by atoms with Crippen LogP contribution in [-0.4, -0.2) is 20.5 Å². The Balaban J connectivity index is 2.88. The number of halogens is 2. The maximum absolute atomic E-state index is 13.4. The van der Waals surface area contributed by atoms with Crippen molar-refractivity contribution < 1.29 is 14.3 Å². The average molecular weight is 273 g/mol. The summed E-state index contributed by atoms with van der Waals surface area (Å²) in [7, 11) is 0. The van der Waals surface area contributed by atoms with Crippen molar-refractivity contribution in [2.45, 2.75) is 6.92 Å². The number of carboxylic acids is 1.